The molecule has 0 saturated heterocycles. The number of nitrogens with zero attached hydrogens (tertiary/aromatic N) is 2. The second-order valence-corrected chi connectivity index (χ2v) is 6.88. The van der Waals surface area contributed by atoms with E-state index in [0.717, 1.165) is 37.8 Å². The van der Waals surface area contributed by atoms with Gasteiger partial charge in [-0.2, -0.15) is 13.2 Å². The second kappa shape index (κ2) is 9.58. The van der Waals surface area contributed by atoms with Crippen LogP contribution in [-0.2, 0) is 6.18 Å². The number of hydrogen-bond donors (Lipinski definition) is 2. The van der Waals surface area contributed by atoms with Crippen LogP contribution in [0.3, 0.4) is 0 Å². The molecule has 0 unspecified atom stereocenters. The number of anilines is 3. The van der Waals surface area contributed by atoms with Gasteiger partial charge < -0.3 is 10.6 Å². The third-order valence-corrected chi connectivity index (χ3v) is 4.41. The van der Waals surface area contributed by atoms with Crippen LogP contribution in [-0.4, -0.2) is 15.9 Å². The summed E-state index contributed by atoms with van der Waals surface area (Å²) in [6, 6.07) is 5.99. The topological polar surface area (TPSA) is 80.1 Å². The fraction of sp³-hybridized carbons (Fsp3) is 0.450. The summed E-state index contributed by atoms with van der Waals surface area (Å²) in [5, 5.41) is 17.8. The van der Waals surface area contributed by atoms with Crippen molar-refractivity contribution in [3.05, 3.63) is 51.7 Å². The van der Waals surface area contributed by atoms with E-state index in [4.69, 9.17) is 0 Å². The Morgan fingerprint density at radius 1 is 1.14 bits per heavy atom. The molecule has 158 valence electrons. The number of nitro groups is 1. The van der Waals surface area contributed by atoms with E-state index in [0.29, 0.717) is 11.4 Å². The van der Waals surface area contributed by atoms with Crippen LogP contribution in [0.4, 0.5) is 36.1 Å². The summed E-state index contributed by atoms with van der Waals surface area (Å²) in [5.41, 5.74) is 0.165. The van der Waals surface area contributed by atoms with Gasteiger partial charge in [0.05, 0.1) is 10.5 Å². The monoisotopic (exact) mass is 410 g/mol. The first-order valence-electron chi connectivity index (χ1n) is 9.52. The lowest BCUT2D eigenvalue weighted by Crippen LogP contribution is -2.20. The lowest BCUT2D eigenvalue weighted by molar-refractivity contribution is -0.383. The molecule has 1 aromatic heterocycles. The van der Waals surface area contributed by atoms with E-state index in [-0.39, 0.29) is 23.2 Å². The maximum atomic E-state index is 12.7. The van der Waals surface area contributed by atoms with Gasteiger partial charge in [0.25, 0.3) is 0 Å². The van der Waals surface area contributed by atoms with Crippen molar-refractivity contribution in [3.8, 4) is 0 Å². The van der Waals surface area contributed by atoms with Crippen LogP contribution in [0.5, 0.6) is 0 Å². The van der Waals surface area contributed by atoms with Gasteiger partial charge in [0, 0.05) is 17.4 Å². The molecular formula is C20H25F3N4O2. The molecule has 0 fully saturated rings. The summed E-state index contributed by atoms with van der Waals surface area (Å²) in [6.07, 6.45) is -0.836. The molecule has 2 N–H and O–H groups in total. The summed E-state index contributed by atoms with van der Waals surface area (Å²) in [5.74, 6) is -0.0102. The van der Waals surface area contributed by atoms with Crippen molar-refractivity contribution in [2.24, 2.45) is 0 Å². The van der Waals surface area contributed by atoms with Crippen LogP contribution < -0.4 is 10.6 Å². The predicted octanol–water partition coefficient (Wildman–Crippen LogP) is 6.44. The fourth-order valence-corrected chi connectivity index (χ4v) is 3.13. The van der Waals surface area contributed by atoms with E-state index >= 15 is 0 Å². The highest BCUT2D eigenvalue weighted by Crippen LogP contribution is 2.36. The number of aromatic nitrogens is 1. The van der Waals surface area contributed by atoms with E-state index < -0.39 is 16.7 Å². The Hall–Kier alpha value is -2.84. The van der Waals surface area contributed by atoms with Crippen LogP contribution in [0, 0.1) is 17.0 Å². The van der Waals surface area contributed by atoms with Crippen molar-refractivity contribution in [2.75, 3.05) is 10.6 Å². The molecule has 1 heterocycles. The number of pyridine rings is 1. The molecule has 0 bridgehead atoms. The molecule has 6 nitrogen and oxygen atoms in total. The third kappa shape index (κ3) is 6.07. The van der Waals surface area contributed by atoms with Crippen LogP contribution in [0.1, 0.15) is 50.8 Å². The van der Waals surface area contributed by atoms with Crippen LogP contribution in [0.15, 0.2) is 30.3 Å². The Bertz CT molecular complexity index is 833. The first-order valence-corrected chi connectivity index (χ1v) is 9.52. The molecule has 2 rings (SSSR count). The molecule has 9 heteroatoms. The average Bonchev–Trinajstić information content (AvgIpc) is 2.61. The number of benzene rings is 1. The van der Waals surface area contributed by atoms with E-state index in [2.05, 4.69) is 15.6 Å². The minimum Gasteiger partial charge on any atom is -0.377 e. The number of rotatable bonds is 9. The van der Waals surface area contributed by atoms with Gasteiger partial charge in [0.1, 0.15) is 5.69 Å². The Kier molecular flexibility index (Phi) is 7.41. The highest BCUT2D eigenvalue weighted by atomic mass is 19.4. The van der Waals surface area contributed by atoms with Crippen molar-refractivity contribution in [1.82, 2.24) is 4.98 Å². The molecule has 1 aromatic carbocycles. The first kappa shape index (κ1) is 22.4. The molecule has 0 amide bonds. The van der Waals surface area contributed by atoms with E-state index in [1.807, 2.05) is 13.8 Å². The molecule has 0 saturated carbocycles. The normalized spacial score (nSPS) is 11.6. The van der Waals surface area contributed by atoms with Crippen LogP contribution in [0.2, 0.25) is 0 Å². The number of alkyl halides is 3. The van der Waals surface area contributed by atoms with Crippen LogP contribution >= 0.6 is 0 Å². The van der Waals surface area contributed by atoms with Gasteiger partial charge in [-0.25, -0.2) is 4.98 Å². The number of aryl methyl sites for hydroxylation is 1. The van der Waals surface area contributed by atoms with Crippen molar-refractivity contribution in [2.45, 2.75) is 58.7 Å². The summed E-state index contributed by atoms with van der Waals surface area (Å²) < 4.78 is 38.2. The second-order valence-electron chi connectivity index (χ2n) is 6.88. The quantitative estimate of drug-likeness (QED) is 0.367. The fourth-order valence-electron chi connectivity index (χ4n) is 3.13. The summed E-state index contributed by atoms with van der Waals surface area (Å²) in [6.45, 7) is 5.81. The van der Waals surface area contributed by atoms with Gasteiger partial charge in [-0.3, -0.25) is 10.1 Å². The van der Waals surface area contributed by atoms with Gasteiger partial charge in [-0.1, -0.05) is 26.7 Å². The molecule has 0 aliphatic rings. The van der Waals surface area contributed by atoms with Crippen molar-refractivity contribution < 1.29 is 18.1 Å². The van der Waals surface area contributed by atoms with E-state index in [9.17, 15) is 23.3 Å². The first-order chi connectivity index (χ1) is 13.7. The predicted molar refractivity (Wildman–Crippen MR) is 108 cm³/mol. The van der Waals surface area contributed by atoms with Gasteiger partial charge in [-0.05, 0) is 50.1 Å². The van der Waals surface area contributed by atoms with Crippen molar-refractivity contribution in [3.63, 3.8) is 0 Å². The molecule has 2 aromatic rings. The lowest BCUT2D eigenvalue weighted by atomic mass is 10.1. The SMILES string of the molecule is CCCC(CCC)Nc1cc(C)nc(Nc2ccc(C(F)(F)F)cc2)c1[N+](=O)[O-]. The van der Waals surface area contributed by atoms with Gasteiger partial charge in [0.2, 0.25) is 5.82 Å². The highest BCUT2D eigenvalue weighted by Gasteiger charge is 2.30. The lowest BCUT2D eigenvalue weighted by Gasteiger charge is -2.20. The average molecular weight is 410 g/mol. The van der Waals surface area contributed by atoms with Gasteiger partial charge >= 0.3 is 11.9 Å². The maximum Gasteiger partial charge on any atom is 0.416 e. The number of hydrogen-bond acceptors (Lipinski definition) is 5. The molecule has 0 aliphatic carbocycles. The van der Waals surface area contributed by atoms with Crippen LogP contribution in [0.25, 0.3) is 0 Å². The van der Waals surface area contributed by atoms with E-state index in [1.54, 1.807) is 13.0 Å². The maximum absolute atomic E-state index is 12.7. The van der Waals surface area contributed by atoms with Gasteiger partial charge in [0.15, 0.2) is 0 Å². The van der Waals surface area contributed by atoms with Gasteiger partial charge in [-0.15, -0.1) is 0 Å². The summed E-state index contributed by atoms with van der Waals surface area (Å²) in [4.78, 5) is 15.4. The zero-order chi connectivity index (χ0) is 21.6. The molecule has 0 spiro atoms. The molecular weight excluding hydrogens is 385 g/mol. The Balaban J connectivity index is 2.38. The van der Waals surface area contributed by atoms with Crippen molar-refractivity contribution >= 4 is 22.9 Å². The van der Waals surface area contributed by atoms with Crippen molar-refractivity contribution in [1.29, 1.82) is 0 Å². The third-order valence-electron chi connectivity index (χ3n) is 4.41. The minimum absolute atomic E-state index is 0.0102. The largest absolute Gasteiger partial charge is 0.416 e. The molecule has 29 heavy (non-hydrogen) atoms. The Morgan fingerprint density at radius 3 is 2.21 bits per heavy atom. The minimum atomic E-state index is -4.45. The Labute approximate surface area is 167 Å². The molecule has 0 radical (unpaired) electrons. The highest BCUT2D eigenvalue weighted by molar-refractivity contribution is 5.77. The molecule has 0 aliphatic heterocycles. The smallest absolute Gasteiger partial charge is 0.377 e. The number of halogens is 3. The molecule has 0 atom stereocenters. The zero-order valence-corrected chi connectivity index (χ0v) is 16.6. The van der Waals surface area contributed by atoms with E-state index in [1.165, 1.54) is 12.1 Å². The standard InChI is InChI=1S/C20H25F3N4O2/c1-4-6-15(7-5-2)25-17-12-13(3)24-19(18(17)27(28)29)26-16-10-8-14(9-11-16)20(21,22)23/h8-12,15H,4-7H2,1-3H3,(H2,24,25,26). The summed E-state index contributed by atoms with van der Waals surface area (Å²) >= 11 is 0. The number of nitrogens with one attached hydrogen (secondary N) is 2. The zero-order valence-electron chi connectivity index (χ0n) is 16.6. The summed E-state index contributed by atoms with van der Waals surface area (Å²) in [7, 11) is 0. The Morgan fingerprint density at radius 2 is 1.72 bits per heavy atom.